The van der Waals surface area contributed by atoms with Crippen LogP contribution in [0, 0.1) is 5.92 Å². The van der Waals surface area contributed by atoms with Gasteiger partial charge >= 0.3 is 22.3 Å². The number of benzene rings is 3. The third kappa shape index (κ3) is 7.98. The summed E-state index contributed by atoms with van der Waals surface area (Å²) in [5.74, 6) is 0.447. The van der Waals surface area contributed by atoms with Crippen LogP contribution < -0.4 is 9.50 Å². The fraction of sp³-hybridized carbons (Fsp3) is 0.321. The summed E-state index contributed by atoms with van der Waals surface area (Å²) in [6.45, 7) is 8.71. The number of carbonyl (C=O) groups is 1. The third-order valence-corrected chi connectivity index (χ3v) is 6.87. The van der Waals surface area contributed by atoms with E-state index in [-0.39, 0.29) is 24.2 Å². The highest BCUT2D eigenvalue weighted by molar-refractivity contribution is 7.87. The van der Waals surface area contributed by atoms with E-state index in [1.807, 2.05) is 38.1 Å². The van der Waals surface area contributed by atoms with E-state index < -0.39 is 26.8 Å². The van der Waals surface area contributed by atoms with Gasteiger partial charge in [-0.3, -0.25) is 0 Å². The van der Waals surface area contributed by atoms with Crippen molar-refractivity contribution in [3.63, 3.8) is 0 Å². The maximum atomic E-state index is 13.1. The van der Waals surface area contributed by atoms with Gasteiger partial charge in [-0.2, -0.15) is 21.6 Å². The van der Waals surface area contributed by atoms with Gasteiger partial charge in [0, 0.05) is 18.8 Å². The summed E-state index contributed by atoms with van der Waals surface area (Å²) in [5.41, 5.74) is 1.30. The summed E-state index contributed by atoms with van der Waals surface area (Å²) in [5, 5.41) is 2.89. The second-order valence-corrected chi connectivity index (χ2v) is 11.2. The zero-order valence-electron chi connectivity index (χ0n) is 21.6. The average molecular weight is 549 g/mol. The van der Waals surface area contributed by atoms with Crippen molar-refractivity contribution in [3.05, 3.63) is 89.5 Å². The van der Waals surface area contributed by atoms with Crippen LogP contribution in [0.15, 0.2) is 77.7 Å². The van der Waals surface area contributed by atoms with E-state index in [9.17, 15) is 26.4 Å². The van der Waals surface area contributed by atoms with E-state index in [4.69, 9.17) is 4.18 Å². The molecule has 0 bridgehead atoms. The second kappa shape index (κ2) is 11.9. The Morgan fingerprint density at radius 3 is 2.21 bits per heavy atom. The van der Waals surface area contributed by atoms with E-state index in [2.05, 4.69) is 19.2 Å². The highest BCUT2D eigenvalue weighted by Gasteiger charge is 2.32. The third-order valence-electron chi connectivity index (χ3n) is 5.63. The Kier molecular flexibility index (Phi) is 9.09. The van der Waals surface area contributed by atoms with Crippen LogP contribution >= 0.6 is 0 Å². The maximum Gasteiger partial charge on any atom is 0.416 e. The Bertz CT molecular complexity index is 1360. The molecule has 0 aliphatic rings. The first-order valence-electron chi connectivity index (χ1n) is 12.1. The van der Waals surface area contributed by atoms with Gasteiger partial charge in [-0.15, -0.1) is 0 Å². The number of hydrogen-bond acceptors (Lipinski definition) is 4. The molecule has 0 atom stereocenters. The molecule has 0 fully saturated rings. The average Bonchev–Trinajstić information content (AvgIpc) is 2.83. The number of hydrogen-bond donors (Lipinski definition) is 1. The number of rotatable bonds is 9. The molecular weight excluding hydrogens is 517 g/mol. The van der Waals surface area contributed by atoms with E-state index in [0.29, 0.717) is 29.8 Å². The number of nitrogens with one attached hydrogen (secondary N) is 1. The Balaban J connectivity index is 1.77. The summed E-state index contributed by atoms with van der Waals surface area (Å²) in [6, 6.07) is 16.7. The fourth-order valence-electron chi connectivity index (χ4n) is 3.73. The molecule has 0 aromatic heterocycles. The van der Waals surface area contributed by atoms with E-state index in [0.717, 1.165) is 23.8 Å². The molecule has 0 aliphatic carbocycles. The van der Waals surface area contributed by atoms with Crippen molar-refractivity contribution in [1.29, 1.82) is 0 Å². The van der Waals surface area contributed by atoms with Crippen molar-refractivity contribution in [2.24, 2.45) is 5.92 Å². The second-order valence-electron chi connectivity index (χ2n) is 9.69. The SMILES string of the molecule is CC(C)CN(Cc1cccc(OS(=O)(=O)c2cccc(C(F)(F)F)c2)c1)C(=O)Nc1ccc(C(C)C)cc1. The van der Waals surface area contributed by atoms with Crippen LogP contribution in [0.1, 0.15) is 50.3 Å². The van der Waals surface area contributed by atoms with E-state index in [1.165, 1.54) is 12.1 Å². The molecule has 0 heterocycles. The minimum absolute atomic E-state index is 0.0749. The fourth-order valence-corrected chi connectivity index (χ4v) is 4.70. The molecule has 0 saturated carbocycles. The molecule has 0 unspecified atom stereocenters. The predicted octanol–water partition coefficient (Wildman–Crippen LogP) is 7.29. The topological polar surface area (TPSA) is 75.7 Å². The van der Waals surface area contributed by atoms with Crippen LogP contribution in [0.5, 0.6) is 5.75 Å². The van der Waals surface area contributed by atoms with Crippen LogP contribution in [-0.4, -0.2) is 25.9 Å². The number of anilines is 1. The molecule has 204 valence electrons. The van der Waals surface area contributed by atoms with E-state index >= 15 is 0 Å². The van der Waals surface area contributed by atoms with Crippen LogP contribution in [0.3, 0.4) is 0 Å². The largest absolute Gasteiger partial charge is 0.416 e. The molecule has 0 saturated heterocycles. The zero-order chi connectivity index (χ0) is 28.1. The summed E-state index contributed by atoms with van der Waals surface area (Å²) in [7, 11) is -4.52. The van der Waals surface area contributed by atoms with Gasteiger partial charge in [-0.25, -0.2) is 4.79 Å². The van der Waals surface area contributed by atoms with Crippen molar-refractivity contribution in [3.8, 4) is 5.75 Å². The van der Waals surface area contributed by atoms with Crippen molar-refractivity contribution in [2.45, 2.75) is 51.2 Å². The predicted molar refractivity (Wildman–Crippen MR) is 140 cm³/mol. The van der Waals surface area contributed by atoms with E-state index in [1.54, 1.807) is 17.0 Å². The maximum absolute atomic E-state index is 13.1. The first kappa shape index (κ1) is 29.0. The van der Waals surface area contributed by atoms with Crippen molar-refractivity contribution in [2.75, 3.05) is 11.9 Å². The molecule has 3 aromatic carbocycles. The lowest BCUT2D eigenvalue weighted by Gasteiger charge is -2.25. The van der Waals surface area contributed by atoms with Crippen LogP contribution in [0.4, 0.5) is 23.7 Å². The Morgan fingerprint density at radius 1 is 0.947 bits per heavy atom. The Hall–Kier alpha value is -3.53. The van der Waals surface area contributed by atoms with Crippen LogP contribution in [0.2, 0.25) is 0 Å². The molecule has 0 aliphatic heterocycles. The highest BCUT2D eigenvalue weighted by Crippen LogP contribution is 2.31. The van der Waals surface area contributed by atoms with Gasteiger partial charge in [0.1, 0.15) is 10.6 Å². The van der Waals surface area contributed by atoms with Crippen molar-refractivity contribution in [1.82, 2.24) is 4.90 Å². The van der Waals surface area contributed by atoms with Gasteiger partial charge in [0.05, 0.1) is 5.56 Å². The summed E-state index contributed by atoms with van der Waals surface area (Å²) >= 11 is 0. The summed E-state index contributed by atoms with van der Waals surface area (Å²) in [4.78, 5) is 14.1. The molecular formula is C28H31F3N2O4S. The first-order valence-corrected chi connectivity index (χ1v) is 13.5. The number of alkyl halides is 3. The van der Waals surface area contributed by atoms with Gasteiger partial charge in [-0.05, 0) is 65.4 Å². The van der Waals surface area contributed by atoms with Gasteiger partial charge in [-0.1, -0.05) is 58.0 Å². The molecule has 6 nitrogen and oxygen atoms in total. The molecule has 3 rings (SSSR count). The summed E-state index contributed by atoms with van der Waals surface area (Å²) < 4.78 is 69.6. The lowest BCUT2D eigenvalue weighted by molar-refractivity contribution is -0.137. The molecule has 0 radical (unpaired) electrons. The lowest BCUT2D eigenvalue weighted by Crippen LogP contribution is -2.37. The van der Waals surface area contributed by atoms with Crippen molar-refractivity contribution < 1.29 is 30.6 Å². The molecule has 38 heavy (non-hydrogen) atoms. The van der Waals surface area contributed by atoms with Gasteiger partial charge < -0.3 is 14.4 Å². The number of urea groups is 1. The quantitative estimate of drug-likeness (QED) is 0.285. The minimum Gasteiger partial charge on any atom is -0.379 e. The standard InChI is InChI=1S/C28H31F3N2O4S/c1-19(2)17-33(27(34)32-24-13-11-22(12-14-24)20(3)4)18-21-7-5-9-25(15-21)37-38(35,36)26-10-6-8-23(16-26)28(29,30)31/h5-16,19-20H,17-18H2,1-4H3,(H,32,34). The van der Waals surface area contributed by atoms with Gasteiger partial charge in [0.25, 0.3) is 0 Å². The molecule has 1 N–H and O–H groups in total. The monoisotopic (exact) mass is 548 g/mol. The minimum atomic E-state index is -4.69. The number of halogens is 3. The molecule has 0 spiro atoms. The first-order chi connectivity index (χ1) is 17.7. The van der Waals surface area contributed by atoms with Crippen molar-refractivity contribution >= 4 is 21.8 Å². The lowest BCUT2D eigenvalue weighted by atomic mass is 10.0. The number of amides is 2. The molecule has 10 heteroatoms. The smallest absolute Gasteiger partial charge is 0.379 e. The molecule has 2 amide bonds. The van der Waals surface area contributed by atoms with Crippen LogP contribution in [-0.2, 0) is 22.8 Å². The molecule has 3 aromatic rings. The Morgan fingerprint density at radius 2 is 1.61 bits per heavy atom. The van der Waals surface area contributed by atoms with Crippen LogP contribution in [0.25, 0.3) is 0 Å². The normalized spacial score (nSPS) is 12.0. The zero-order valence-corrected chi connectivity index (χ0v) is 22.4. The number of nitrogens with zero attached hydrogens (tertiary/aromatic N) is 1. The number of carbonyl (C=O) groups excluding carboxylic acids is 1. The van der Waals surface area contributed by atoms with Gasteiger partial charge in [0.15, 0.2) is 0 Å². The highest BCUT2D eigenvalue weighted by atomic mass is 32.2. The summed E-state index contributed by atoms with van der Waals surface area (Å²) in [6.07, 6.45) is -4.69. The Labute approximate surface area is 221 Å². The van der Waals surface area contributed by atoms with Gasteiger partial charge in [0.2, 0.25) is 0 Å².